The van der Waals surface area contributed by atoms with Crippen molar-refractivity contribution in [3.63, 3.8) is 0 Å². The van der Waals surface area contributed by atoms with E-state index >= 15 is 0 Å². The Morgan fingerprint density at radius 2 is 2.18 bits per heavy atom. The zero-order chi connectivity index (χ0) is 13.1. The largest absolute Gasteiger partial charge is 0.465 e. The van der Waals surface area contributed by atoms with E-state index in [9.17, 15) is 4.79 Å². The van der Waals surface area contributed by atoms with E-state index in [1.165, 1.54) is 12.0 Å². The van der Waals surface area contributed by atoms with Gasteiger partial charge in [0.15, 0.2) is 0 Å². The summed E-state index contributed by atoms with van der Waals surface area (Å²) in [4.78, 5) is 11.1. The summed E-state index contributed by atoms with van der Waals surface area (Å²) in [7, 11) is 0. The van der Waals surface area contributed by atoms with Crippen LogP contribution in [0.2, 0.25) is 0 Å². The molecule has 0 heterocycles. The van der Waals surface area contributed by atoms with Gasteiger partial charge in [0.1, 0.15) is 0 Å². The SMILES string of the molecule is CCC(=O)OC[C@@]1(C)C[C@@H]1[C@H](C)CC=C(C)C. The minimum atomic E-state index is -0.0752. The van der Waals surface area contributed by atoms with Crippen LogP contribution in [0.25, 0.3) is 0 Å². The third kappa shape index (κ3) is 4.18. The Bertz CT molecular complexity index is 302. The lowest BCUT2D eigenvalue weighted by Crippen LogP contribution is -2.15. The molecule has 0 bridgehead atoms. The van der Waals surface area contributed by atoms with Gasteiger partial charge in [-0.1, -0.05) is 32.4 Å². The zero-order valence-electron chi connectivity index (χ0n) is 11.9. The minimum Gasteiger partial charge on any atom is -0.465 e. The van der Waals surface area contributed by atoms with Crippen molar-refractivity contribution in [2.45, 2.75) is 53.9 Å². The molecule has 0 radical (unpaired) electrons. The molecule has 1 aliphatic rings. The predicted molar refractivity (Wildman–Crippen MR) is 70.7 cm³/mol. The van der Waals surface area contributed by atoms with Crippen molar-refractivity contribution in [1.29, 1.82) is 0 Å². The number of carbonyl (C=O) groups excluding carboxylic acids is 1. The third-order valence-corrected chi connectivity index (χ3v) is 3.86. The van der Waals surface area contributed by atoms with Gasteiger partial charge in [0.05, 0.1) is 6.61 Å². The van der Waals surface area contributed by atoms with Crippen molar-refractivity contribution in [2.24, 2.45) is 17.3 Å². The highest BCUT2D eigenvalue weighted by Crippen LogP contribution is 2.57. The van der Waals surface area contributed by atoms with E-state index in [2.05, 4.69) is 33.8 Å². The first-order valence-corrected chi connectivity index (χ1v) is 6.68. The predicted octanol–water partition coefficient (Wildman–Crippen LogP) is 3.96. The summed E-state index contributed by atoms with van der Waals surface area (Å²) in [5, 5.41) is 0. The van der Waals surface area contributed by atoms with E-state index in [0.29, 0.717) is 24.9 Å². The standard InChI is InChI=1S/C15H26O2/c1-6-14(16)17-10-15(5)9-13(15)12(4)8-7-11(2)3/h7,12-13H,6,8-10H2,1-5H3/t12-,13-,15-/m1/s1. The highest BCUT2D eigenvalue weighted by molar-refractivity contribution is 5.68. The third-order valence-electron chi connectivity index (χ3n) is 3.86. The minimum absolute atomic E-state index is 0.0752. The fourth-order valence-corrected chi connectivity index (χ4v) is 2.43. The quantitative estimate of drug-likeness (QED) is 0.517. The Kier molecular flexibility index (Phi) is 4.79. The normalized spacial score (nSPS) is 28.4. The maximum atomic E-state index is 11.1. The lowest BCUT2D eigenvalue weighted by molar-refractivity contribution is -0.145. The fourth-order valence-electron chi connectivity index (χ4n) is 2.43. The van der Waals surface area contributed by atoms with Gasteiger partial charge >= 0.3 is 5.97 Å². The van der Waals surface area contributed by atoms with Gasteiger partial charge in [0.2, 0.25) is 0 Å². The first-order chi connectivity index (χ1) is 7.89. The number of hydrogen-bond acceptors (Lipinski definition) is 2. The van der Waals surface area contributed by atoms with E-state index < -0.39 is 0 Å². The number of carbonyl (C=O) groups is 1. The Morgan fingerprint density at radius 3 is 2.71 bits per heavy atom. The number of hydrogen-bond donors (Lipinski definition) is 0. The molecule has 98 valence electrons. The lowest BCUT2D eigenvalue weighted by Gasteiger charge is -2.15. The van der Waals surface area contributed by atoms with Gasteiger partial charge in [-0.2, -0.15) is 0 Å². The first kappa shape index (κ1) is 14.3. The van der Waals surface area contributed by atoms with Crippen molar-refractivity contribution in [3.8, 4) is 0 Å². The van der Waals surface area contributed by atoms with Crippen molar-refractivity contribution < 1.29 is 9.53 Å². The molecular weight excluding hydrogens is 212 g/mol. The summed E-state index contributed by atoms with van der Waals surface area (Å²) in [6.45, 7) is 11.3. The van der Waals surface area contributed by atoms with Crippen LogP contribution in [-0.4, -0.2) is 12.6 Å². The van der Waals surface area contributed by atoms with E-state index in [0.717, 1.165) is 6.42 Å². The highest BCUT2D eigenvalue weighted by Gasteiger charge is 2.52. The summed E-state index contributed by atoms with van der Waals surface area (Å²) >= 11 is 0. The van der Waals surface area contributed by atoms with E-state index in [1.807, 2.05) is 6.92 Å². The van der Waals surface area contributed by atoms with Gasteiger partial charge in [-0.05, 0) is 38.5 Å². The van der Waals surface area contributed by atoms with Gasteiger partial charge in [0, 0.05) is 11.8 Å². The Morgan fingerprint density at radius 1 is 1.53 bits per heavy atom. The maximum Gasteiger partial charge on any atom is 0.305 e. The van der Waals surface area contributed by atoms with Crippen LogP contribution in [0.15, 0.2) is 11.6 Å². The molecular formula is C15H26O2. The average molecular weight is 238 g/mol. The van der Waals surface area contributed by atoms with Crippen LogP contribution >= 0.6 is 0 Å². The number of rotatable bonds is 6. The second-order valence-corrected chi connectivity index (χ2v) is 5.97. The second-order valence-electron chi connectivity index (χ2n) is 5.97. The summed E-state index contributed by atoms with van der Waals surface area (Å²) in [5.41, 5.74) is 1.62. The van der Waals surface area contributed by atoms with Crippen LogP contribution in [0.4, 0.5) is 0 Å². The molecule has 0 aromatic carbocycles. The lowest BCUT2D eigenvalue weighted by atomic mass is 9.94. The molecule has 0 saturated heterocycles. The van der Waals surface area contributed by atoms with Crippen molar-refractivity contribution >= 4 is 5.97 Å². The van der Waals surface area contributed by atoms with Crippen molar-refractivity contribution in [3.05, 3.63) is 11.6 Å². The van der Waals surface area contributed by atoms with Crippen LogP contribution in [0, 0.1) is 17.3 Å². The number of allylic oxidation sites excluding steroid dienone is 2. The first-order valence-electron chi connectivity index (χ1n) is 6.68. The second kappa shape index (κ2) is 5.70. The van der Waals surface area contributed by atoms with Crippen LogP contribution in [0.3, 0.4) is 0 Å². The monoisotopic (exact) mass is 238 g/mol. The molecule has 1 saturated carbocycles. The molecule has 0 spiro atoms. The molecule has 0 N–H and O–H groups in total. The van der Waals surface area contributed by atoms with Gasteiger partial charge in [0.25, 0.3) is 0 Å². The number of ether oxygens (including phenoxy) is 1. The van der Waals surface area contributed by atoms with Crippen molar-refractivity contribution in [2.75, 3.05) is 6.61 Å². The van der Waals surface area contributed by atoms with Crippen LogP contribution < -0.4 is 0 Å². The van der Waals surface area contributed by atoms with E-state index in [-0.39, 0.29) is 11.4 Å². The molecule has 2 nitrogen and oxygen atoms in total. The molecule has 0 aromatic heterocycles. The molecule has 2 heteroatoms. The van der Waals surface area contributed by atoms with E-state index in [1.54, 1.807) is 0 Å². The Balaban J connectivity index is 2.35. The molecule has 0 aromatic rings. The summed E-state index contributed by atoms with van der Waals surface area (Å²) in [6.07, 6.45) is 5.13. The van der Waals surface area contributed by atoms with Gasteiger partial charge in [-0.25, -0.2) is 0 Å². The molecule has 0 unspecified atom stereocenters. The summed E-state index contributed by atoms with van der Waals surface area (Å²) in [5.74, 6) is 1.33. The van der Waals surface area contributed by atoms with Crippen LogP contribution in [0.5, 0.6) is 0 Å². The summed E-state index contributed by atoms with van der Waals surface area (Å²) < 4.78 is 5.27. The van der Waals surface area contributed by atoms with E-state index in [4.69, 9.17) is 4.74 Å². The summed E-state index contributed by atoms with van der Waals surface area (Å²) in [6, 6.07) is 0. The highest BCUT2D eigenvalue weighted by atomic mass is 16.5. The van der Waals surface area contributed by atoms with Gasteiger partial charge in [-0.3, -0.25) is 4.79 Å². The molecule has 0 aliphatic heterocycles. The van der Waals surface area contributed by atoms with Gasteiger partial charge < -0.3 is 4.74 Å². The molecule has 1 aliphatic carbocycles. The van der Waals surface area contributed by atoms with Crippen LogP contribution in [-0.2, 0) is 9.53 Å². The van der Waals surface area contributed by atoms with Gasteiger partial charge in [-0.15, -0.1) is 0 Å². The topological polar surface area (TPSA) is 26.3 Å². The number of esters is 1. The molecule has 0 amide bonds. The zero-order valence-corrected chi connectivity index (χ0v) is 11.9. The van der Waals surface area contributed by atoms with Crippen LogP contribution in [0.1, 0.15) is 53.9 Å². The molecule has 17 heavy (non-hydrogen) atoms. The Labute approximate surface area is 105 Å². The van der Waals surface area contributed by atoms with Crippen molar-refractivity contribution in [1.82, 2.24) is 0 Å². The Hall–Kier alpha value is -0.790. The maximum absolute atomic E-state index is 11.1. The molecule has 1 fully saturated rings. The smallest absolute Gasteiger partial charge is 0.305 e. The molecule has 1 rings (SSSR count). The molecule has 3 atom stereocenters. The fraction of sp³-hybridized carbons (Fsp3) is 0.800. The average Bonchev–Trinajstić information content (AvgIpc) is 2.96.